The first-order chi connectivity index (χ1) is 15.4. The average molecular weight is 457 g/mol. The van der Waals surface area contributed by atoms with E-state index >= 15 is 0 Å². The summed E-state index contributed by atoms with van der Waals surface area (Å²) in [5, 5.41) is 14.1. The van der Waals surface area contributed by atoms with E-state index in [4.69, 9.17) is 9.84 Å². The number of carbonyl (C=O) groups is 3. The van der Waals surface area contributed by atoms with E-state index in [9.17, 15) is 14.4 Å². The van der Waals surface area contributed by atoms with Crippen LogP contribution in [0.5, 0.6) is 0 Å². The van der Waals surface area contributed by atoms with Gasteiger partial charge in [-0.3, -0.25) is 9.59 Å². The number of benzene rings is 2. The SMILES string of the molecule is CCC(C)(NC(=O)OCC1c2ccccc2-c2ccccc21)C(=O)NCCSCC(=O)O. The van der Waals surface area contributed by atoms with E-state index in [1.54, 1.807) is 6.92 Å². The van der Waals surface area contributed by atoms with Gasteiger partial charge in [0.2, 0.25) is 5.91 Å². The summed E-state index contributed by atoms with van der Waals surface area (Å²) in [5.74, 6) is -0.816. The molecule has 7 nitrogen and oxygen atoms in total. The molecule has 2 amide bonds. The highest BCUT2D eigenvalue weighted by molar-refractivity contribution is 7.99. The molecule has 1 aliphatic rings. The van der Waals surface area contributed by atoms with Crippen LogP contribution in [0.4, 0.5) is 4.79 Å². The Kier molecular flexibility index (Phi) is 7.80. The normalized spacial score (nSPS) is 14.1. The van der Waals surface area contributed by atoms with Crippen LogP contribution >= 0.6 is 11.8 Å². The van der Waals surface area contributed by atoms with Crippen molar-refractivity contribution >= 4 is 29.7 Å². The van der Waals surface area contributed by atoms with Gasteiger partial charge in [0.15, 0.2) is 0 Å². The van der Waals surface area contributed by atoms with Crippen LogP contribution in [0.15, 0.2) is 48.5 Å². The summed E-state index contributed by atoms with van der Waals surface area (Å²) >= 11 is 1.22. The summed E-state index contributed by atoms with van der Waals surface area (Å²) in [6.45, 7) is 3.95. The number of hydrogen-bond acceptors (Lipinski definition) is 5. The standard InChI is InChI=1S/C24H28N2O5S/c1-3-24(2,22(29)25-12-13-32-15-21(27)28)26-23(30)31-14-20-18-10-6-4-8-16(18)17-9-5-7-11-19(17)20/h4-11,20H,3,12-15H2,1-2H3,(H,25,29)(H,26,30)(H,27,28). The summed E-state index contributed by atoms with van der Waals surface area (Å²) in [7, 11) is 0. The van der Waals surface area contributed by atoms with Gasteiger partial charge in [-0.15, -0.1) is 11.8 Å². The monoisotopic (exact) mass is 456 g/mol. The number of amides is 2. The molecule has 1 aliphatic carbocycles. The number of alkyl carbamates (subject to hydrolysis) is 1. The van der Waals surface area contributed by atoms with Crippen molar-refractivity contribution in [1.29, 1.82) is 0 Å². The lowest BCUT2D eigenvalue weighted by Gasteiger charge is -2.28. The molecule has 0 aliphatic heterocycles. The Morgan fingerprint density at radius 2 is 1.66 bits per heavy atom. The molecule has 32 heavy (non-hydrogen) atoms. The number of ether oxygens (including phenoxy) is 1. The summed E-state index contributed by atoms with van der Waals surface area (Å²) in [4.78, 5) is 35.7. The number of carboxylic acid groups (broad SMARTS) is 1. The molecule has 3 rings (SSSR count). The number of rotatable bonds is 10. The first-order valence-corrected chi connectivity index (χ1v) is 11.7. The van der Waals surface area contributed by atoms with Gasteiger partial charge in [-0.25, -0.2) is 4.79 Å². The van der Waals surface area contributed by atoms with Crippen LogP contribution in [0.25, 0.3) is 11.1 Å². The van der Waals surface area contributed by atoms with Gasteiger partial charge in [0, 0.05) is 18.2 Å². The van der Waals surface area contributed by atoms with Gasteiger partial charge in [0.05, 0.1) is 5.75 Å². The molecule has 8 heteroatoms. The van der Waals surface area contributed by atoms with Crippen LogP contribution in [0, 0.1) is 0 Å². The third-order valence-corrected chi connectivity index (χ3v) is 6.63. The lowest BCUT2D eigenvalue weighted by molar-refractivity contribution is -0.134. The molecule has 1 unspecified atom stereocenters. The molecule has 0 bridgehead atoms. The summed E-state index contributed by atoms with van der Waals surface area (Å²) in [6, 6.07) is 16.2. The highest BCUT2D eigenvalue weighted by atomic mass is 32.2. The molecule has 2 aromatic carbocycles. The topological polar surface area (TPSA) is 105 Å². The van der Waals surface area contributed by atoms with Gasteiger partial charge >= 0.3 is 12.1 Å². The van der Waals surface area contributed by atoms with Crippen molar-refractivity contribution in [1.82, 2.24) is 10.6 Å². The number of fused-ring (bicyclic) bond motifs is 3. The molecule has 0 saturated carbocycles. The second-order valence-corrected chi connectivity index (χ2v) is 8.94. The van der Waals surface area contributed by atoms with E-state index in [0.29, 0.717) is 18.7 Å². The Labute approximate surface area is 191 Å². The lowest BCUT2D eigenvalue weighted by Crippen LogP contribution is -2.57. The number of hydrogen-bond donors (Lipinski definition) is 3. The van der Waals surface area contributed by atoms with E-state index < -0.39 is 17.6 Å². The summed E-state index contributed by atoms with van der Waals surface area (Å²) in [6.07, 6.45) is -0.266. The smallest absolute Gasteiger partial charge is 0.408 e. The first-order valence-electron chi connectivity index (χ1n) is 10.6. The molecule has 0 saturated heterocycles. The molecular weight excluding hydrogens is 428 g/mol. The summed E-state index contributed by atoms with van der Waals surface area (Å²) < 4.78 is 5.56. The third kappa shape index (κ3) is 5.43. The van der Waals surface area contributed by atoms with Gasteiger partial charge in [-0.2, -0.15) is 0 Å². The highest BCUT2D eigenvalue weighted by Gasteiger charge is 2.34. The summed E-state index contributed by atoms with van der Waals surface area (Å²) in [5.41, 5.74) is 3.42. The fraction of sp³-hybridized carbons (Fsp3) is 0.375. The predicted molar refractivity (Wildman–Crippen MR) is 125 cm³/mol. The van der Waals surface area contributed by atoms with Gasteiger partial charge in [-0.1, -0.05) is 55.5 Å². The fourth-order valence-corrected chi connectivity index (χ4v) is 4.32. The van der Waals surface area contributed by atoms with E-state index in [1.165, 1.54) is 11.8 Å². The highest BCUT2D eigenvalue weighted by Crippen LogP contribution is 2.44. The Hall–Kier alpha value is -3.00. The Morgan fingerprint density at radius 1 is 1.06 bits per heavy atom. The maximum atomic E-state index is 12.6. The maximum Gasteiger partial charge on any atom is 0.408 e. The number of carboxylic acids is 1. The molecule has 0 fully saturated rings. The van der Waals surface area contributed by atoms with Crippen molar-refractivity contribution in [3.05, 3.63) is 59.7 Å². The number of carbonyl (C=O) groups excluding carboxylic acids is 2. The van der Waals surface area contributed by atoms with Crippen LogP contribution in [0.2, 0.25) is 0 Å². The molecule has 0 aromatic heterocycles. The minimum absolute atomic E-state index is 0.0150. The van der Waals surface area contributed by atoms with Crippen LogP contribution < -0.4 is 10.6 Å². The minimum atomic E-state index is -1.12. The van der Waals surface area contributed by atoms with Crippen molar-refractivity contribution in [3.63, 3.8) is 0 Å². The van der Waals surface area contributed by atoms with Gasteiger partial charge in [0.1, 0.15) is 12.1 Å². The van der Waals surface area contributed by atoms with E-state index in [0.717, 1.165) is 22.3 Å². The van der Waals surface area contributed by atoms with Crippen molar-refractivity contribution in [3.8, 4) is 11.1 Å². The number of thioether (sulfide) groups is 1. The van der Waals surface area contributed by atoms with Gasteiger partial charge in [0.25, 0.3) is 0 Å². The molecule has 1 atom stereocenters. The van der Waals surface area contributed by atoms with Crippen LogP contribution in [0.3, 0.4) is 0 Å². The van der Waals surface area contributed by atoms with Crippen molar-refractivity contribution in [2.45, 2.75) is 31.7 Å². The van der Waals surface area contributed by atoms with E-state index in [2.05, 4.69) is 22.8 Å². The lowest BCUT2D eigenvalue weighted by atomic mass is 9.97. The second kappa shape index (κ2) is 10.5. The average Bonchev–Trinajstić information content (AvgIpc) is 3.10. The van der Waals surface area contributed by atoms with Crippen molar-refractivity contribution in [2.24, 2.45) is 0 Å². The largest absolute Gasteiger partial charge is 0.481 e. The Balaban J connectivity index is 1.56. The van der Waals surface area contributed by atoms with Crippen molar-refractivity contribution < 1.29 is 24.2 Å². The Morgan fingerprint density at radius 3 is 2.22 bits per heavy atom. The van der Waals surface area contributed by atoms with E-state index in [1.807, 2.05) is 43.3 Å². The zero-order valence-corrected chi connectivity index (χ0v) is 19.0. The van der Waals surface area contributed by atoms with E-state index in [-0.39, 0.29) is 24.2 Å². The molecule has 0 spiro atoms. The molecular formula is C24H28N2O5S. The Bertz CT molecular complexity index is 950. The molecule has 170 valence electrons. The van der Waals surface area contributed by atoms with Gasteiger partial charge in [-0.05, 0) is 35.6 Å². The first kappa shape index (κ1) is 23.7. The fourth-order valence-electron chi connectivity index (χ4n) is 3.76. The molecule has 3 N–H and O–H groups in total. The number of nitrogens with one attached hydrogen (secondary N) is 2. The van der Waals surface area contributed by atoms with Gasteiger partial charge < -0.3 is 20.5 Å². The quantitative estimate of drug-likeness (QED) is 0.472. The number of aliphatic carboxylic acids is 1. The predicted octanol–water partition coefficient (Wildman–Crippen LogP) is 3.63. The zero-order valence-electron chi connectivity index (χ0n) is 18.2. The van der Waals surface area contributed by atoms with Crippen LogP contribution in [-0.2, 0) is 14.3 Å². The molecule has 0 radical (unpaired) electrons. The third-order valence-electron chi connectivity index (χ3n) is 5.69. The minimum Gasteiger partial charge on any atom is -0.481 e. The zero-order chi connectivity index (χ0) is 23.1. The second-order valence-electron chi connectivity index (χ2n) is 7.84. The molecule has 2 aromatic rings. The van der Waals surface area contributed by atoms with Crippen LogP contribution in [-0.4, -0.2) is 53.3 Å². The van der Waals surface area contributed by atoms with Crippen molar-refractivity contribution in [2.75, 3.05) is 24.7 Å². The van der Waals surface area contributed by atoms with Crippen LogP contribution in [0.1, 0.15) is 37.3 Å². The maximum absolute atomic E-state index is 12.6. The molecule has 0 heterocycles.